The average molecular weight is 426 g/mol. The van der Waals surface area contributed by atoms with E-state index in [0.29, 0.717) is 51.8 Å². The number of nitrogens with zero attached hydrogens (tertiary/aromatic N) is 2. The van der Waals surface area contributed by atoms with Gasteiger partial charge in [0.25, 0.3) is 0 Å². The second-order valence-electron chi connectivity index (χ2n) is 10.4. The second-order valence-corrected chi connectivity index (χ2v) is 10.4. The Labute approximate surface area is 180 Å². The van der Waals surface area contributed by atoms with E-state index in [1.165, 1.54) is 19.3 Å². The highest BCUT2D eigenvalue weighted by molar-refractivity contribution is 5.86. The van der Waals surface area contributed by atoms with Crippen LogP contribution in [0.4, 0.5) is 0 Å². The summed E-state index contributed by atoms with van der Waals surface area (Å²) in [7, 11) is 0. The lowest BCUT2D eigenvalue weighted by molar-refractivity contribution is -0.162. The van der Waals surface area contributed by atoms with Gasteiger partial charge in [0.1, 0.15) is 0 Å². The molecular formula is C22H36ClN3O3. The van der Waals surface area contributed by atoms with Crippen molar-refractivity contribution in [1.82, 2.24) is 9.80 Å². The van der Waals surface area contributed by atoms with E-state index in [1.54, 1.807) is 0 Å². The molecule has 7 heteroatoms. The molecular weight excluding hydrogens is 390 g/mol. The zero-order valence-electron chi connectivity index (χ0n) is 17.4. The smallest absolute Gasteiger partial charge is 0.230 e. The van der Waals surface area contributed by atoms with Crippen molar-refractivity contribution >= 4 is 24.2 Å². The summed E-state index contributed by atoms with van der Waals surface area (Å²) in [5.41, 5.74) is 5.50. The Bertz CT molecular complexity index is 606. The molecule has 0 radical (unpaired) electrons. The molecule has 0 aromatic rings. The molecule has 6 fully saturated rings. The number of nitrogens with two attached hydrogens (primary N) is 1. The van der Waals surface area contributed by atoms with Crippen molar-refractivity contribution in [3.05, 3.63) is 0 Å². The van der Waals surface area contributed by atoms with E-state index in [0.717, 1.165) is 49.9 Å². The molecule has 0 aromatic carbocycles. The molecule has 2 heterocycles. The summed E-state index contributed by atoms with van der Waals surface area (Å²) >= 11 is 0. The van der Waals surface area contributed by atoms with Crippen molar-refractivity contribution < 1.29 is 14.3 Å². The van der Waals surface area contributed by atoms with E-state index in [9.17, 15) is 9.59 Å². The molecule has 2 amide bonds. The molecule has 6 nitrogen and oxygen atoms in total. The fourth-order valence-electron chi connectivity index (χ4n) is 7.42. The molecule has 4 saturated carbocycles. The van der Waals surface area contributed by atoms with Crippen LogP contribution in [-0.4, -0.2) is 67.6 Å². The predicted octanol–water partition coefficient (Wildman–Crippen LogP) is 2.05. The molecule has 0 spiro atoms. The van der Waals surface area contributed by atoms with Gasteiger partial charge in [-0.2, -0.15) is 0 Å². The van der Waals surface area contributed by atoms with Crippen LogP contribution in [0.15, 0.2) is 0 Å². The van der Waals surface area contributed by atoms with Gasteiger partial charge in [0, 0.05) is 45.9 Å². The Morgan fingerprint density at radius 1 is 0.828 bits per heavy atom. The van der Waals surface area contributed by atoms with Crippen LogP contribution in [0.5, 0.6) is 0 Å². The highest BCUT2D eigenvalue weighted by Gasteiger charge is 2.56. The van der Waals surface area contributed by atoms with Gasteiger partial charge < -0.3 is 20.3 Å². The topological polar surface area (TPSA) is 75.9 Å². The van der Waals surface area contributed by atoms with Crippen molar-refractivity contribution in [2.75, 3.05) is 45.9 Å². The van der Waals surface area contributed by atoms with Crippen LogP contribution in [-0.2, 0) is 14.3 Å². The zero-order valence-corrected chi connectivity index (χ0v) is 18.3. The van der Waals surface area contributed by atoms with Gasteiger partial charge in [-0.15, -0.1) is 12.4 Å². The first-order valence-corrected chi connectivity index (χ1v) is 11.4. The van der Waals surface area contributed by atoms with Gasteiger partial charge in [0.05, 0.1) is 10.8 Å². The van der Waals surface area contributed by atoms with Crippen LogP contribution in [0.25, 0.3) is 0 Å². The number of carbonyl (C=O) groups excluding carboxylic acids is 2. The highest BCUT2D eigenvalue weighted by Crippen LogP contribution is 2.60. The third kappa shape index (κ3) is 3.59. The summed E-state index contributed by atoms with van der Waals surface area (Å²) in [4.78, 5) is 30.8. The van der Waals surface area contributed by atoms with Crippen molar-refractivity contribution in [3.63, 3.8) is 0 Å². The number of carbonyl (C=O) groups is 2. The summed E-state index contributed by atoms with van der Waals surface area (Å²) in [6.07, 6.45) is 8.87. The minimum atomic E-state index is -0.454. The monoisotopic (exact) mass is 425 g/mol. The molecule has 0 unspecified atom stereocenters. The summed E-state index contributed by atoms with van der Waals surface area (Å²) in [6.45, 7) is 4.30. The van der Waals surface area contributed by atoms with Crippen LogP contribution in [0.1, 0.15) is 51.4 Å². The standard InChI is InChI=1S/C22H35N3O3.ClH/c23-15-21(1-7-28-8-2-21)19(26)24-3-5-25(6-4-24)20(27)22-12-16-9-17(13-22)11-18(10-16)14-22;/h16-18H,1-15,23H2;1H. The molecule has 2 saturated heterocycles. The Balaban J connectivity index is 0.00000205. The Morgan fingerprint density at radius 2 is 1.28 bits per heavy atom. The van der Waals surface area contributed by atoms with Gasteiger partial charge >= 0.3 is 0 Å². The summed E-state index contributed by atoms with van der Waals surface area (Å²) in [6, 6.07) is 0. The minimum absolute atomic E-state index is 0. The predicted molar refractivity (Wildman–Crippen MR) is 113 cm³/mol. The van der Waals surface area contributed by atoms with Crippen LogP contribution in [0.2, 0.25) is 0 Å². The van der Waals surface area contributed by atoms with Crippen molar-refractivity contribution in [2.45, 2.75) is 51.4 Å². The van der Waals surface area contributed by atoms with Crippen LogP contribution < -0.4 is 5.73 Å². The van der Waals surface area contributed by atoms with E-state index >= 15 is 0 Å². The van der Waals surface area contributed by atoms with E-state index in [2.05, 4.69) is 4.90 Å². The lowest BCUT2D eigenvalue weighted by atomic mass is 9.49. The SMILES string of the molecule is Cl.NCC1(C(=O)N2CCN(C(=O)C34CC5CC(CC(C5)C3)C4)CC2)CCOCC1. The first-order valence-electron chi connectivity index (χ1n) is 11.4. The van der Waals surface area contributed by atoms with Crippen molar-refractivity contribution in [1.29, 1.82) is 0 Å². The fraction of sp³-hybridized carbons (Fsp3) is 0.909. The number of piperazine rings is 1. The molecule has 4 aliphatic carbocycles. The van der Waals surface area contributed by atoms with E-state index in [-0.39, 0.29) is 23.7 Å². The van der Waals surface area contributed by atoms with Gasteiger partial charge in [-0.05, 0) is 69.1 Å². The van der Waals surface area contributed by atoms with Gasteiger partial charge in [-0.3, -0.25) is 9.59 Å². The minimum Gasteiger partial charge on any atom is -0.381 e. The highest BCUT2D eigenvalue weighted by atomic mass is 35.5. The molecule has 29 heavy (non-hydrogen) atoms. The molecule has 4 bridgehead atoms. The number of hydrogen-bond donors (Lipinski definition) is 1. The van der Waals surface area contributed by atoms with E-state index < -0.39 is 5.41 Å². The maximum absolute atomic E-state index is 13.5. The van der Waals surface area contributed by atoms with Gasteiger partial charge in [-0.25, -0.2) is 0 Å². The lowest BCUT2D eigenvalue weighted by Gasteiger charge is -2.57. The maximum Gasteiger partial charge on any atom is 0.230 e. The van der Waals surface area contributed by atoms with Gasteiger partial charge in [0.15, 0.2) is 0 Å². The number of rotatable bonds is 3. The van der Waals surface area contributed by atoms with Crippen molar-refractivity contribution in [3.8, 4) is 0 Å². The summed E-state index contributed by atoms with van der Waals surface area (Å²) in [5, 5.41) is 0. The largest absolute Gasteiger partial charge is 0.381 e. The molecule has 2 N–H and O–H groups in total. The molecule has 0 aromatic heterocycles. The third-order valence-electron chi connectivity index (χ3n) is 8.64. The number of amides is 2. The quantitative estimate of drug-likeness (QED) is 0.750. The summed E-state index contributed by atoms with van der Waals surface area (Å²) in [5.74, 6) is 2.95. The van der Waals surface area contributed by atoms with E-state index in [1.807, 2.05) is 4.90 Å². The van der Waals surface area contributed by atoms with Gasteiger partial charge in [0.2, 0.25) is 11.8 Å². The molecule has 6 aliphatic rings. The Kier molecular flexibility index (Phi) is 5.91. The fourth-order valence-corrected chi connectivity index (χ4v) is 7.42. The molecule has 0 atom stereocenters. The first-order chi connectivity index (χ1) is 13.5. The van der Waals surface area contributed by atoms with Gasteiger partial charge in [-0.1, -0.05) is 0 Å². The van der Waals surface area contributed by atoms with Crippen LogP contribution in [0.3, 0.4) is 0 Å². The number of halogens is 1. The summed E-state index contributed by atoms with van der Waals surface area (Å²) < 4.78 is 5.45. The molecule has 2 aliphatic heterocycles. The van der Waals surface area contributed by atoms with E-state index in [4.69, 9.17) is 10.5 Å². The van der Waals surface area contributed by atoms with Crippen molar-refractivity contribution in [2.24, 2.45) is 34.3 Å². The number of hydrogen-bond acceptors (Lipinski definition) is 4. The Morgan fingerprint density at radius 3 is 1.72 bits per heavy atom. The molecule has 164 valence electrons. The third-order valence-corrected chi connectivity index (χ3v) is 8.64. The maximum atomic E-state index is 13.5. The first kappa shape index (κ1) is 21.4. The Hall–Kier alpha value is -0.850. The lowest BCUT2D eigenvalue weighted by Crippen LogP contribution is -2.60. The molecule has 6 rings (SSSR count). The van der Waals surface area contributed by atoms with Crippen LogP contribution in [0, 0.1) is 28.6 Å². The average Bonchev–Trinajstić information content (AvgIpc) is 2.72. The normalized spacial score (nSPS) is 37.9. The second kappa shape index (κ2) is 8.01. The number of ether oxygens (including phenoxy) is 1. The van der Waals surface area contributed by atoms with Crippen LogP contribution >= 0.6 is 12.4 Å². The zero-order chi connectivity index (χ0) is 19.4.